The normalized spacial score (nSPS) is 24.8. The van der Waals surface area contributed by atoms with Gasteiger partial charge in [-0.05, 0) is 41.9 Å². The van der Waals surface area contributed by atoms with Gasteiger partial charge in [0.15, 0.2) is 0 Å². The van der Waals surface area contributed by atoms with Crippen LogP contribution in [0.1, 0.15) is 71.6 Å². The topological polar surface area (TPSA) is 12.4 Å². The second kappa shape index (κ2) is 9.17. The summed E-state index contributed by atoms with van der Waals surface area (Å²) in [6.07, 6.45) is 27.9. The number of hydrogen-bond donors (Lipinski definition) is 0. The Kier molecular flexibility index (Phi) is 6.67. The highest BCUT2D eigenvalue weighted by atomic mass is 14.8. The standard InChI is InChI=1S/C21H25N.C3H8/c1-2-7-16(8-3-1)13-14-18-11-6-12-19-20(15-22-21(18)19)17-9-4-5-10-17;1-3-2/h4,6,9-12,15-16,19H,1-3,5,7-8,13-14H2;3H2,1-2H3. The zero-order chi connectivity index (χ0) is 17.5. The highest BCUT2D eigenvalue weighted by Gasteiger charge is 2.29. The molecule has 3 aliphatic carbocycles. The first kappa shape index (κ1) is 18.2. The van der Waals surface area contributed by atoms with E-state index in [2.05, 4.69) is 56.5 Å². The lowest BCUT2D eigenvalue weighted by atomic mass is 9.80. The number of hydrogen-bond acceptors (Lipinski definition) is 1. The van der Waals surface area contributed by atoms with Gasteiger partial charge in [-0.25, -0.2) is 0 Å². The molecule has 1 heterocycles. The lowest BCUT2D eigenvalue weighted by Crippen LogP contribution is -2.18. The maximum Gasteiger partial charge on any atom is 0.0549 e. The van der Waals surface area contributed by atoms with Gasteiger partial charge in [0.1, 0.15) is 0 Å². The molecular formula is C24H33N. The molecule has 0 radical (unpaired) electrons. The van der Waals surface area contributed by atoms with Crippen molar-refractivity contribution in [2.24, 2.45) is 16.8 Å². The third kappa shape index (κ3) is 4.51. The Morgan fingerprint density at radius 1 is 1.12 bits per heavy atom. The second-order valence-electron chi connectivity index (χ2n) is 7.70. The first-order valence-electron chi connectivity index (χ1n) is 10.4. The molecule has 4 rings (SSSR count). The Balaban J connectivity index is 0.000000569. The van der Waals surface area contributed by atoms with Crippen molar-refractivity contribution in [3.8, 4) is 0 Å². The Hall–Kier alpha value is -1.63. The molecule has 0 spiro atoms. The van der Waals surface area contributed by atoms with Crippen LogP contribution in [-0.4, -0.2) is 5.71 Å². The summed E-state index contributed by atoms with van der Waals surface area (Å²) in [5.74, 6) is 1.36. The van der Waals surface area contributed by atoms with Crippen LogP contribution in [0.3, 0.4) is 0 Å². The smallest absolute Gasteiger partial charge is 0.0549 e. The third-order valence-electron chi connectivity index (χ3n) is 5.55. The molecule has 0 saturated heterocycles. The van der Waals surface area contributed by atoms with Gasteiger partial charge in [0.25, 0.3) is 0 Å². The molecule has 0 aromatic heterocycles. The van der Waals surface area contributed by atoms with E-state index >= 15 is 0 Å². The average Bonchev–Trinajstić information content (AvgIpc) is 3.31. The van der Waals surface area contributed by atoms with Crippen LogP contribution in [0, 0.1) is 11.8 Å². The molecule has 1 saturated carbocycles. The number of fused-ring (bicyclic) bond motifs is 1. The van der Waals surface area contributed by atoms with E-state index in [0.29, 0.717) is 5.92 Å². The first-order valence-corrected chi connectivity index (χ1v) is 10.4. The van der Waals surface area contributed by atoms with Gasteiger partial charge in [-0.1, -0.05) is 88.8 Å². The van der Waals surface area contributed by atoms with E-state index in [1.807, 2.05) is 0 Å². The molecule has 1 aliphatic heterocycles. The first-order chi connectivity index (χ1) is 12.3. The minimum Gasteiger partial charge on any atom is -0.260 e. The fourth-order valence-corrected chi connectivity index (χ4v) is 4.27. The number of aliphatic imine (C=N–C) groups is 1. The van der Waals surface area contributed by atoms with E-state index in [1.165, 1.54) is 73.8 Å². The second-order valence-corrected chi connectivity index (χ2v) is 7.70. The van der Waals surface area contributed by atoms with E-state index in [1.54, 1.807) is 0 Å². The SMILES string of the molecule is C1=CC2C(C3=CCC=C3)=CN=C2C(CCC2CCCCC2)=C1.CCC. The van der Waals surface area contributed by atoms with Crippen molar-refractivity contribution in [2.75, 3.05) is 0 Å². The zero-order valence-corrected chi connectivity index (χ0v) is 16.0. The summed E-state index contributed by atoms with van der Waals surface area (Å²) in [5, 5.41) is 0. The quantitative estimate of drug-likeness (QED) is 0.519. The summed E-state index contributed by atoms with van der Waals surface area (Å²) in [6.45, 7) is 4.25. The monoisotopic (exact) mass is 335 g/mol. The summed E-state index contributed by atoms with van der Waals surface area (Å²) in [5.41, 5.74) is 5.56. The molecular weight excluding hydrogens is 302 g/mol. The van der Waals surface area contributed by atoms with E-state index < -0.39 is 0 Å². The van der Waals surface area contributed by atoms with Gasteiger partial charge in [-0.3, -0.25) is 4.99 Å². The van der Waals surface area contributed by atoms with E-state index in [4.69, 9.17) is 4.99 Å². The van der Waals surface area contributed by atoms with Gasteiger partial charge in [-0.2, -0.15) is 0 Å². The fourth-order valence-electron chi connectivity index (χ4n) is 4.27. The highest BCUT2D eigenvalue weighted by molar-refractivity contribution is 6.08. The van der Waals surface area contributed by atoms with Crippen LogP contribution in [0.5, 0.6) is 0 Å². The Bertz CT molecular complexity index is 633. The number of rotatable bonds is 4. The molecule has 25 heavy (non-hydrogen) atoms. The molecule has 0 bridgehead atoms. The minimum absolute atomic E-state index is 0.403. The molecule has 1 nitrogen and oxygen atoms in total. The van der Waals surface area contributed by atoms with Crippen molar-refractivity contribution in [3.05, 3.63) is 59.4 Å². The van der Waals surface area contributed by atoms with Gasteiger partial charge < -0.3 is 0 Å². The molecule has 0 aromatic rings. The van der Waals surface area contributed by atoms with E-state index in [0.717, 1.165) is 12.3 Å². The Morgan fingerprint density at radius 3 is 2.64 bits per heavy atom. The van der Waals surface area contributed by atoms with Crippen LogP contribution in [-0.2, 0) is 0 Å². The van der Waals surface area contributed by atoms with Crippen LogP contribution in [0.4, 0.5) is 0 Å². The molecule has 4 aliphatic rings. The largest absolute Gasteiger partial charge is 0.260 e. The predicted octanol–water partition coefficient (Wildman–Crippen LogP) is 7.10. The van der Waals surface area contributed by atoms with Gasteiger partial charge in [0.2, 0.25) is 0 Å². The molecule has 134 valence electrons. The zero-order valence-electron chi connectivity index (χ0n) is 16.0. The highest BCUT2D eigenvalue weighted by Crippen LogP contribution is 2.37. The predicted molar refractivity (Wildman–Crippen MR) is 110 cm³/mol. The molecule has 1 heteroatoms. The van der Waals surface area contributed by atoms with Crippen molar-refractivity contribution in [3.63, 3.8) is 0 Å². The van der Waals surface area contributed by atoms with Crippen molar-refractivity contribution < 1.29 is 0 Å². The van der Waals surface area contributed by atoms with Gasteiger partial charge in [0.05, 0.1) is 5.71 Å². The van der Waals surface area contributed by atoms with E-state index in [-0.39, 0.29) is 0 Å². The molecule has 1 fully saturated rings. The molecule has 1 atom stereocenters. The Labute approximate surface area is 154 Å². The maximum atomic E-state index is 4.79. The molecule has 1 unspecified atom stereocenters. The van der Waals surface area contributed by atoms with E-state index in [9.17, 15) is 0 Å². The van der Waals surface area contributed by atoms with Crippen LogP contribution in [0.2, 0.25) is 0 Å². The fraction of sp³-hybridized carbons (Fsp3) is 0.542. The molecule has 0 amide bonds. The third-order valence-corrected chi connectivity index (χ3v) is 5.55. The van der Waals surface area contributed by atoms with Gasteiger partial charge in [-0.15, -0.1) is 0 Å². The summed E-state index contributed by atoms with van der Waals surface area (Å²) in [4.78, 5) is 4.79. The van der Waals surface area contributed by atoms with Crippen molar-refractivity contribution in [2.45, 2.75) is 71.6 Å². The van der Waals surface area contributed by atoms with Gasteiger partial charge >= 0.3 is 0 Å². The summed E-state index contributed by atoms with van der Waals surface area (Å²) in [6, 6.07) is 0. The average molecular weight is 336 g/mol. The minimum atomic E-state index is 0.403. The maximum absolute atomic E-state index is 4.79. The van der Waals surface area contributed by atoms with Crippen molar-refractivity contribution >= 4 is 5.71 Å². The number of nitrogens with zero attached hydrogens (tertiary/aromatic N) is 1. The van der Waals surface area contributed by atoms with Gasteiger partial charge in [0, 0.05) is 12.1 Å². The molecule has 0 aromatic carbocycles. The Morgan fingerprint density at radius 2 is 1.92 bits per heavy atom. The summed E-state index contributed by atoms with van der Waals surface area (Å²) < 4.78 is 0. The lowest BCUT2D eigenvalue weighted by Gasteiger charge is -2.24. The number of allylic oxidation sites excluding steroid dienone is 9. The van der Waals surface area contributed by atoms with Crippen LogP contribution in [0.25, 0.3) is 0 Å². The summed E-state index contributed by atoms with van der Waals surface area (Å²) >= 11 is 0. The summed E-state index contributed by atoms with van der Waals surface area (Å²) in [7, 11) is 0. The van der Waals surface area contributed by atoms with Crippen LogP contribution >= 0.6 is 0 Å². The van der Waals surface area contributed by atoms with Crippen molar-refractivity contribution in [1.29, 1.82) is 0 Å². The van der Waals surface area contributed by atoms with Crippen LogP contribution < -0.4 is 0 Å². The molecule has 0 N–H and O–H groups in total. The van der Waals surface area contributed by atoms with Crippen LogP contribution in [0.15, 0.2) is 64.4 Å². The van der Waals surface area contributed by atoms with Crippen molar-refractivity contribution in [1.82, 2.24) is 0 Å². The lowest BCUT2D eigenvalue weighted by molar-refractivity contribution is 0.340.